The van der Waals surface area contributed by atoms with E-state index >= 15 is 0 Å². The van der Waals surface area contributed by atoms with Gasteiger partial charge in [-0.15, -0.1) is 0 Å². The first-order chi connectivity index (χ1) is 11.5. The minimum absolute atomic E-state index is 0.0153. The molecule has 0 spiro atoms. The number of benzene rings is 1. The first kappa shape index (κ1) is 17.0. The molecule has 0 bridgehead atoms. The Balaban J connectivity index is 1.66. The lowest BCUT2D eigenvalue weighted by Crippen LogP contribution is -2.32. The van der Waals surface area contributed by atoms with Gasteiger partial charge in [0.1, 0.15) is 5.82 Å². The van der Waals surface area contributed by atoms with Crippen LogP contribution in [0.1, 0.15) is 32.1 Å². The lowest BCUT2D eigenvalue weighted by molar-refractivity contribution is 0.250. The van der Waals surface area contributed by atoms with Crippen LogP contribution in [0.4, 0.5) is 20.6 Å². The van der Waals surface area contributed by atoms with Gasteiger partial charge in [-0.25, -0.2) is 17.6 Å². The number of sulfonamides is 1. The van der Waals surface area contributed by atoms with Crippen LogP contribution in [0, 0.1) is 11.7 Å². The summed E-state index contributed by atoms with van der Waals surface area (Å²) in [4.78, 5) is 12.0. The molecule has 0 radical (unpaired) electrons. The third-order valence-corrected chi connectivity index (χ3v) is 6.48. The number of anilines is 2. The normalized spacial score (nSPS) is 20.3. The molecule has 2 aliphatic rings. The molecule has 2 amide bonds. The second kappa shape index (κ2) is 6.96. The largest absolute Gasteiger partial charge is 0.338 e. The fourth-order valence-electron chi connectivity index (χ4n) is 3.31. The quantitative estimate of drug-likeness (QED) is 0.872. The fraction of sp³-hybridized carbons (Fsp3) is 0.562. The topological polar surface area (TPSA) is 78.5 Å². The van der Waals surface area contributed by atoms with E-state index in [2.05, 4.69) is 10.6 Å². The second-order valence-corrected chi connectivity index (χ2v) is 8.40. The summed E-state index contributed by atoms with van der Waals surface area (Å²) in [7, 11) is -3.34. The first-order valence-electron chi connectivity index (χ1n) is 8.30. The maximum Gasteiger partial charge on any atom is 0.319 e. The Labute approximate surface area is 141 Å². The molecule has 132 valence electrons. The van der Waals surface area contributed by atoms with Crippen molar-refractivity contribution in [3.8, 4) is 0 Å². The average Bonchev–Trinajstić information content (AvgIpc) is 3.16. The van der Waals surface area contributed by atoms with E-state index in [1.54, 1.807) is 0 Å². The summed E-state index contributed by atoms with van der Waals surface area (Å²) in [6.45, 7) is 0.953. The van der Waals surface area contributed by atoms with Gasteiger partial charge in [-0.05, 0) is 43.4 Å². The average molecular weight is 355 g/mol. The molecule has 6 nitrogen and oxygen atoms in total. The number of carbonyl (C=O) groups is 1. The van der Waals surface area contributed by atoms with Crippen molar-refractivity contribution in [2.45, 2.75) is 32.1 Å². The Bertz CT molecular complexity index is 717. The molecule has 1 aliphatic heterocycles. The van der Waals surface area contributed by atoms with Gasteiger partial charge in [0.2, 0.25) is 10.0 Å². The van der Waals surface area contributed by atoms with Crippen LogP contribution >= 0.6 is 0 Å². The van der Waals surface area contributed by atoms with Crippen molar-refractivity contribution in [3.05, 3.63) is 24.0 Å². The number of hydrogen-bond donors (Lipinski definition) is 2. The summed E-state index contributed by atoms with van der Waals surface area (Å²) < 4.78 is 39.1. The van der Waals surface area contributed by atoms with Crippen molar-refractivity contribution in [1.29, 1.82) is 0 Å². The van der Waals surface area contributed by atoms with Gasteiger partial charge in [0.05, 0.1) is 17.1 Å². The van der Waals surface area contributed by atoms with Gasteiger partial charge in [-0.1, -0.05) is 12.8 Å². The summed E-state index contributed by atoms with van der Waals surface area (Å²) >= 11 is 0. The van der Waals surface area contributed by atoms with Crippen molar-refractivity contribution < 1.29 is 17.6 Å². The summed E-state index contributed by atoms with van der Waals surface area (Å²) in [6, 6.07) is 3.49. The molecule has 0 atom stereocenters. The van der Waals surface area contributed by atoms with Crippen LogP contribution in [-0.4, -0.2) is 33.3 Å². The maximum atomic E-state index is 13.9. The highest BCUT2D eigenvalue weighted by Crippen LogP contribution is 2.28. The molecule has 1 aromatic carbocycles. The number of urea groups is 1. The zero-order chi connectivity index (χ0) is 17.2. The van der Waals surface area contributed by atoms with Crippen molar-refractivity contribution in [2.75, 3.05) is 28.5 Å². The molecule has 2 fully saturated rings. The molecule has 1 saturated carbocycles. The predicted octanol–water partition coefficient (Wildman–Crippen LogP) is 2.68. The van der Waals surface area contributed by atoms with E-state index in [0.29, 0.717) is 31.1 Å². The van der Waals surface area contributed by atoms with Crippen LogP contribution in [0.2, 0.25) is 0 Å². The number of nitrogens with one attached hydrogen (secondary N) is 2. The summed E-state index contributed by atoms with van der Waals surface area (Å²) in [6.07, 6.45) is 5.14. The molecule has 0 aromatic heterocycles. The zero-order valence-electron chi connectivity index (χ0n) is 13.4. The molecule has 2 N–H and O–H groups in total. The number of hydrogen-bond acceptors (Lipinski definition) is 3. The van der Waals surface area contributed by atoms with Crippen LogP contribution in [0.25, 0.3) is 0 Å². The van der Waals surface area contributed by atoms with Gasteiger partial charge in [0, 0.05) is 13.1 Å². The molecule has 1 aliphatic carbocycles. The van der Waals surface area contributed by atoms with E-state index < -0.39 is 21.9 Å². The highest BCUT2D eigenvalue weighted by Gasteiger charge is 2.29. The van der Waals surface area contributed by atoms with Gasteiger partial charge < -0.3 is 10.6 Å². The molecule has 3 rings (SSSR count). The Morgan fingerprint density at radius 1 is 1.25 bits per heavy atom. The minimum atomic E-state index is -3.34. The molecular weight excluding hydrogens is 333 g/mol. The van der Waals surface area contributed by atoms with E-state index in [0.717, 1.165) is 12.8 Å². The molecule has 1 aromatic rings. The molecule has 24 heavy (non-hydrogen) atoms. The van der Waals surface area contributed by atoms with Crippen LogP contribution < -0.4 is 14.9 Å². The van der Waals surface area contributed by atoms with Gasteiger partial charge >= 0.3 is 6.03 Å². The molecular formula is C16H22FN3O3S. The highest BCUT2D eigenvalue weighted by molar-refractivity contribution is 7.93. The number of carbonyl (C=O) groups excluding carboxylic acids is 1. The van der Waals surface area contributed by atoms with Crippen molar-refractivity contribution in [1.82, 2.24) is 5.32 Å². The van der Waals surface area contributed by atoms with Crippen LogP contribution in [0.15, 0.2) is 18.2 Å². The van der Waals surface area contributed by atoms with E-state index in [1.165, 1.54) is 35.3 Å². The van der Waals surface area contributed by atoms with E-state index in [1.807, 2.05) is 0 Å². The molecule has 1 heterocycles. The van der Waals surface area contributed by atoms with Gasteiger partial charge in [-0.2, -0.15) is 0 Å². The van der Waals surface area contributed by atoms with Crippen LogP contribution in [-0.2, 0) is 10.0 Å². The van der Waals surface area contributed by atoms with Gasteiger partial charge in [-0.3, -0.25) is 4.31 Å². The fourth-order valence-corrected chi connectivity index (χ4v) is 4.87. The lowest BCUT2D eigenvalue weighted by Gasteiger charge is -2.18. The third kappa shape index (κ3) is 3.80. The third-order valence-electron chi connectivity index (χ3n) is 4.61. The smallest absolute Gasteiger partial charge is 0.319 e. The van der Waals surface area contributed by atoms with Crippen molar-refractivity contribution >= 4 is 27.4 Å². The molecule has 8 heteroatoms. The van der Waals surface area contributed by atoms with E-state index in [9.17, 15) is 17.6 Å². The Kier molecular flexibility index (Phi) is 4.93. The van der Waals surface area contributed by atoms with Crippen LogP contribution in [0.5, 0.6) is 0 Å². The highest BCUT2D eigenvalue weighted by atomic mass is 32.2. The summed E-state index contributed by atoms with van der Waals surface area (Å²) in [5.74, 6) is -0.0114. The van der Waals surface area contributed by atoms with E-state index in [-0.39, 0.29) is 11.4 Å². The number of amides is 2. The lowest BCUT2D eigenvalue weighted by atomic mass is 10.1. The Morgan fingerprint density at radius 2 is 2.00 bits per heavy atom. The number of nitrogens with zero attached hydrogens (tertiary/aromatic N) is 1. The van der Waals surface area contributed by atoms with Crippen molar-refractivity contribution in [2.24, 2.45) is 5.92 Å². The monoisotopic (exact) mass is 355 g/mol. The van der Waals surface area contributed by atoms with Gasteiger partial charge in [0.15, 0.2) is 0 Å². The maximum absolute atomic E-state index is 13.9. The zero-order valence-corrected chi connectivity index (χ0v) is 14.2. The number of halogens is 1. The Morgan fingerprint density at radius 3 is 2.67 bits per heavy atom. The van der Waals surface area contributed by atoms with E-state index in [4.69, 9.17) is 0 Å². The van der Waals surface area contributed by atoms with Gasteiger partial charge in [0.25, 0.3) is 0 Å². The predicted molar refractivity (Wildman–Crippen MR) is 91.1 cm³/mol. The number of rotatable bonds is 4. The Hall–Kier alpha value is -1.83. The SMILES string of the molecule is O=C(NCC1CCCC1)Nc1cc(N2CCCS2(=O)=O)ccc1F. The standard InChI is InChI=1S/C16H22FN3O3S/c17-14-7-6-13(20-8-3-9-24(20,22)23)10-15(14)19-16(21)18-11-12-4-1-2-5-12/h6-7,10,12H,1-5,8-9,11H2,(H2,18,19,21). The molecule has 1 saturated heterocycles. The summed E-state index contributed by atoms with van der Waals surface area (Å²) in [5.41, 5.74) is 0.360. The molecule has 0 unspecified atom stereocenters. The minimum Gasteiger partial charge on any atom is -0.338 e. The summed E-state index contributed by atoms with van der Waals surface area (Å²) in [5, 5.41) is 5.24. The van der Waals surface area contributed by atoms with Crippen molar-refractivity contribution in [3.63, 3.8) is 0 Å². The first-order valence-corrected chi connectivity index (χ1v) is 9.91. The second-order valence-electron chi connectivity index (χ2n) is 6.39. The van der Waals surface area contributed by atoms with Crippen LogP contribution in [0.3, 0.4) is 0 Å².